The largest absolute Gasteiger partial charge is 0.454 e. The average Bonchev–Trinajstić information content (AvgIpc) is 3.16. The molecule has 3 aromatic heterocycles. The summed E-state index contributed by atoms with van der Waals surface area (Å²) >= 11 is 1.50. The Kier molecular flexibility index (Phi) is 3.88. The van der Waals surface area contributed by atoms with Gasteiger partial charge in [0.1, 0.15) is 5.56 Å². The number of ether oxygens (including phenoxy) is 1. The van der Waals surface area contributed by atoms with E-state index in [9.17, 15) is 9.59 Å². The number of nitrogens with zero attached hydrogens (tertiary/aromatic N) is 1. The molecule has 0 aliphatic carbocycles. The SMILES string of the molecule is Cc1ccc(C(=O)OCc2cnc(-c3cccs3)o2)c(=O)[nH]1. The molecule has 0 atom stereocenters. The smallest absolute Gasteiger partial charge is 0.344 e. The van der Waals surface area contributed by atoms with Crippen molar-refractivity contribution < 1.29 is 13.9 Å². The minimum Gasteiger partial charge on any atom is -0.454 e. The van der Waals surface area contributed by atoms with Crippen molar-refractivity contribution in [2.24, 2.45) is 0 Å². The van der Waals surface area contributed by atoms with E-state index in [1.807, 2.05) is 17.5 Å². The Bertz CT molecular complexity index is 849. The van der Waals surface area contributed by atoms with Gasteiger partial charge in [-0.15, -0.1) is 11.3 Å². The van der Waals surface area contributed by atoms with Crippen LogP contribution >= 0.6 is 11.3 Å². The van der Waals surface area contributed by atoms with E-state index in [1.165, 1.54) is 23.6 Å². The number of hydrogen-bond acceptors (Lipinski definition) is 6. The predicted octanol–water partition coefficient (Wildman–Crippen LogP) is 2.76. The number of H-pyrrole nitrogens is 1. The van der Waals surface area contributed by atoms with Gasteiger partial charge in [0, 0.05) is 5.69 Å². The monoisotopic (exact) mass is 316 g/mol. The molecule has 0 amide bonds. The lowest BCUT2D eigenvalue weighted by molar-refractivity contribution is 0.0444. The summed E-state index contributed by atoms with van der Waals surface area (Å²) in [5.41, 5.74) is 0.169. The van der Waals surface area contributed by atoms with Gasteiger partial charge in [-0.25, -0.2) is 9.78 Å². The van der Waals surface area contributed by atoms with Crippen molar-refractivity contribution in [2.75, 3.05) is 0 Å². The Hall–Kier alpha value is -2.67. The maximum absolute atomic E-state index is 11.9. The van der Waals surface area contributed by atoms with Crippen molar-refractivity contribution in [1.29, 1.82) is 0 Å². The van der Waals surface area contributed by atoms with Crippen LogP contribution in [0.2, 0.25) is 0 Å². The number of aromatic amines is 1. The number of aryl methyl sites for hydroxylation is 1. The second-order valence-electron chi connectivity index (χ2n) is 4.57. The molecule has 6 nitrogen and oxygen atoms in total. The molecule has 1 N–H and O–H groups in total. The molecule has 3 rings (SSSR count). The molecule has 0 spiro atoms. The highest BCUT2D eigenvalue weighted by molar-refractivity contribution is 7.13. The molecule has 112 valence electrons. The molecule has 0 radical (unpaired) electrons. The maximum atomic E-state index is 11.9. The zero-order valence-corrected chi connectivity index (χ0v) is 12.5. The van der Waals surface area contributed by atoms with Crippen LogP contribution in [-0.4, -0.2) is 15.9 Å². The molecule has 0 aliphatic rings. The number of carbonyl (C=O) groups excluding carboxylic acids is 1. The average molecular weight is 316 g/mol. The summed E-state index contributed by atoms with van der Waals surface area (Å²) in [4.78, 5) is 31.1. The number of nitrogens with one attached hydrogen (secondary N) is 1. The molecule has 0 fully saturated rings. The van der Waals surface area contributed by atoms with Crippen molar-refractivity contribution in [3.63, 3.8) is 0 Å². The first-order chi connectivity index (χ1) is 10.6. The number of oxazole rings is 1. The van der Waals surface area contributed by atoms with Crippen LogP contribution < -0.4 is 5.56 Å². The van der Waals surface area contributed by atoms with E-state index in [0.717, 1.165) is 4.88 Å². The molecule has 0 saturated heterocycles. The van der Waals surface area contributed by atoms with Gasteiger partial charge in [0.15, 0.2) is 12.4 Å². The number of aromatic nitrogens is 2. The highest BCUT2D eigenvalue weighted by Crippen LogP contribution is 2.24. The number of esters is 1. The molecule has 22 heavy (non-hydrogen) atoms. The summed E-state index contributed by atoms with van der Waals surface area (Å²) in [6, 6.07) is 6.86. The minimum absolute atomic E-state index is 0.0383. The van der Waals surface area contributed by atoms with Crippen molar-refractivity contribution >= 4 is 17.3 Å². The van der Waals surface area contributed by atoms with E-state index < -0.39 is 11.5 Å². The normalized spacial score (nSPS) is 10.6. The summed E-state index contributed by atoms with van der Waals surface area (Å²) < 4.78 is 10.6. The van der Waals surface area contributed by atoms with Gasteiger partial charge in [-0.05, 0) is 30.5 Å². The Labute approximate surface area is 129 Å². The first-order valence-electron chi connectivity index (χ1n) is 6.49. The summed E-state index contributed by atoms with van der Waals surface area (Å²) in [5.74, 6) is 0.199. The van der Waals surface area contributed by atoms with E-state index in [2.05, 4.69) is 9.97 Å². The van der Waals surface area contributed by atoms with Gasteiger partial charge in [-0.3, -0.25) is 4.79 Å². The van der Waals surface area contributed by atoms with Gasteiger partial charge >= 0.3 is 5.97 Å². The third kappa shape index (κ3) is 2.99. The van der Waals surface area contributed by atoms with Gasteiger partial charge in [0.25, 0.3) is 5.56 Å². The summed E-state index contributed by atoms with van der Waals surface area (Å²) in [6.45, 7) is 1.65. The number of pyridine rings is 1. The molecule has 3 heterocycles. The van der Waals surface area contributed by atoms with Crippen LogP contribution in [0.1, 0.15) is 21.8 Å². The third-order valence-corrected chi connectivity index (χ3v) is 3.76. The van der Waals surface area contributed by atoms with E-state index in [0.29, 0.717) is 17.3 Å². The second kappa shape index (κ2) is 5.98. The Morgan fingerprint density at radius 1 is 1.41 bits per heavy atom. The van der Waals surface area contributed by atoms with E-state index in [-0.39, 0.29) is 12.2 Å². The number of thiophene rings is 1. The van der Waals surface area contributed by atoms with Crippen molar-refractivity contribution in [2.45, 2.75) is 13.5 Å². The van der Waals surface area contributed by atoms with E-state index in [4.69, 9.17) is 9.15 Å². The Morgan fingerprint density at radius 2 is 2.27 bits per heavy atom. The molecule has 0 aliphatic heterocycles. The first-order valence-corrected chi connectivity index (χ1v) is 7.37. The number of carbonyl (C=O) groups is 1. The molecule has 0 bridgehead atoms. The predicted molar refractivity (Wildman–Crippen MR) is 80.7 cm³/mol. The van der Waals surface area contributed by atoms with Gasteiger partial charge < -0.3 is 14.1 Å². The molecule has 3 aromatic rings. The minimum atomic E-state index is -0.699. The fourth-order valence-electron chi connectivity index (χ4n) is 1.84. The third-order valence-electron chi connectivity index (χ3n) is 2.91. The second-order valence-corrected chi connectivity index (χ2v) is 5.52. The quantitative estimate of drug-likeness (QED) is 0.748. The lowest BCUT2D eigenvalue weighted by Crippen LogP contribution is -2.19. The molecule has 7 heteroatoms. The Balaban J connectivity index is 1.67. The van der Waals surface area contributed by atoms with Crippen LogP contribution in [0.4, 0.5) is 0 Å². The standard InChI is InChI=1S/C15H12N2O4S/c1-9-4-5-11(13(18)17-9)15(19)20-8-10-7-16-14(21-10)12-3-2-6-22-12/h2-7H,8H2,1H3,(H,17,18). The van der Waals surface area contributed by atoms with Gasteiger partial charge in [-0.1, -0.05) is 6.07 Å². The van der Waals surface area contributed by atoms with Crippen LogP contribution in [0, 0.1) is 6.92 Å². The summed E-state index contributed by atoms with van der Waals surface area (Å²) in [5, 5.41) is 1.92. The van der Waals surface area contributed by atoms with Crippen molar-refractivity contribution in [3.05, 3.63) is 63.2 Å². The highest BCUT2D eigenvalue weighted by atomic mass is 32.1. The molecule has 0 aromatic carbocycles. The van der Waals surface area contributed by atoms with Crippen LogP contribution in [0.3, 0.4) is 0 Å². The van der Waals surface area contributed by atoms with Crippen LogP contribution in [0.15, 0.2) is 45.1 Å². The maximum Gasteiger partial charge on any atom is 0.344 e. The topological polar surface area (TPSA) is 85.2 Å². The molecule has 0 unspecified atom stereocenters. The lowest BCUT2D eigenvalue weighted by atomic mass is 10.2. The van der Waals surface area contributed by atoms with Gasteiger partial charge in [-0.2, -0.15) is 0 Å². The number of rotatable bonds is 4. The number of hydrogen-bond donors (Lipinski definition) is 1. The van der Waals surface area contributed by atoms with E-state index in [1.54, 1.807) is 13.0 Å². The first kappa shape index (κ1) is 14.3. The van der Waals surface area contributed by atoms with Gasteiger partial charge in [0.05, 0.1) is 11.1 Å². The van der Waals surface area contributed by atoms with Crippen LogP contribution in [0.25, 0.3) is 10.8 Å². The van der Waals surface area contributed by atoms with Crippen LogP contribution in [0.5, 0.6) is 0 Å². The van der Waals surface area contributed by atoms with E-state index >= 15 is 0 Å². The summed E-state index contributed by atoms with van der Waals surface area (Å²) in [6.07, 6.45) is 1.50. The highest BCUT2D eigenvalue weighted by Gasteiger charge is 2.14. The molecular formula is C15H12N2O4S. The zero-order chi connectivity index (χ0) is 15.5. The zero-order valence-electron chi connectivity index (χ0n) is 11.7. The van der Waals surface area contributed by atoms with Gasteiger partial charge in [0.2, 0.25) is 5.89 Å². The lowest BCUT2D eigenvalue weighted by Gasteiger charge is -2.02. The fraction of sp³-hybridized carbons (Fsp3) is 0.133. The Morgan fingerprint density at radius 3 is 3.00 bits per heavy atom. The van der Waals surface area contributed by atoms with Crippen molar-refractivity contribution in [3.8, 4) is 10.8 Å². The fourth-order valence-corrected chi connectivity index (χ4v) is 2.49. The molecule has 0 saturated carbocycles. The van der Waals surface area contributed by atoms with Crippen LogP contribution in [-0.2, 0) is 11.3 Å². The van der Waals surface area contributed by atoms with Crippen molar-refractivity contribution in [1.82, 2.24) is 9.97 Å². The summed E-state index contributed by atoms with van der Waals surface area (Å²) in [7, 11) is 0. The molecular weight excluding hydrogens is 304 g/mol.